The minimum Gasteiger partial charge on any atom is -0.226 e. The zero-order valence-electron chi connectivity index (χ0n) is 12.0. The number of halogens is 1. The number of hydrogen-bond donors (Lipinski definition) is 0. The van der Waals surface area contributed by atoms with E-state index >= 15 is 0 Å². The van der Waals surface area contributed by atoms with Gasteiger partial charge in [-0.3, -0.25) is 0 Å². The van der Waals surface area contributed by atoms with Crippen molar-refractivity contribution in [2.75, 3.05) is 0 Å². The average Bonchev–Trinajstić information content (AvgIpc) is 3.08. The second-order valence-electron chi connectivity index (χ2n) is 5.49. The lowest BCUT2D eigenvalue weighted by Gasteiger charge is -2.11. The Balaban J connectivity index is 1.85. The Kier molecular flexibility index (Phi) is 4.40. The Labute approximate surface area is 132 Å². The van der Waals surface area contributed by atoms with Crippen molar-refractivity contribution in [3.8, 4) is 0 Å². The minimum atomic E-state index is 0.230. The van der Waals surface area contributed by atoms with Crippen molar-refractivity contribution in [3.05, 3.63) is 17.0 Å². The molecule has 112 valence electrons. The van der Waals surface area contributed by atoms with Crippen LogP contribution in [0.2, 0.25) is 5.15 Å². The van der Waals surface area contributed by atoms with Gasteiger partial charge in [0, 0.05) is 12.0 Å². The molecule has 0 aromatic carbocycles. The van der Waals surface area contributed by atoms with Gasteiger partial charge in [0.2, 0.25) is 5.16 Å². The summed E-state index contributed by atoms with van der Waals surface area (Å²) in [5, 5.41) is 14.1. The fourth-order valence-electron chi connectivity index (χ4n) is 2.45. The fraction of sp³-hybridized carbons (Fsp3) is 0.615. The van der Waals surface area contributed by atoms with Crippen LogP contribution in [-0.4, -0.2) is 30.2 Å². The Hall–Kier alpha value is -1.21. The minimum absolute atomic E-state index is 0.230. The Morgan fingerprint density at radius 1 is 1.29 bits per heavy atom. The van der Waals surface area contributed by atoms with Crippen molar-refractivity contribution in [2.24, 2.45) is 0 Å². The van der Waals surface area contributed by atoms with Crippen molar-refractivity contribution in [1.82, 2.24) is 30.2 Å². The summed E-state index contributed by atoms with van der Waals surface area (Å²) in [4.78, 5) is 8.78. The number of hydrogen-bond acceptors (Lipinski definition) is 6. The zero-order chi connectivity index (χ0) is 14.8. The van der Waals surface area contributed by atoms with E-state index in [9.17, 15) is 0 Å². The van der Waals surface area contributed by atoms with E-state index in [1.54, 1.807) is 6.07 Å². The van der Waals surface area contributed by atoms with Crippen molar-refractivity contribution in [1.29, 1.82) is 0 Å². The molecule has 0 aliphatic heterocycles. The van der Waals surface area contributed by atoms with Crippen LogP contribution in [0, 0.1) is 0 Å². The van der Waals surface area contributed by atoms with Gasteiger partial charge in [0.25, 0.3) is 0 Å². The van der Waals surface area contributed by atoms with Crippen LogP contribution in [0.15, 0.2) is 16.2 Å². The molecule has 1 aliphatic carbocycles. The third-order valence-corrected chi connectivity index (χ3v) is 4.60. The molecule has 0 N–H and O–H groups in total. The van der Waals surface area contributed by atoms with E-state index in [0.717, 1.165) is 28.8 Å². The molecule has 2 heterocycles. The van der Waals surface area contributed by atoms with Gasteiger partial charge in [-0.15, -0.1) is 5.10 Å². The SMILES string of the molecule is CC(C)c1nc(Cl)cc(Sc2nnnn2C2CCCC2)n1. The summed E-state index contributed by atoms with van der Waals surface area (Å²) in [6.07, 6.45) is 4.76. The highest BCUT2D eigenvalue weighted by Crippen LogP contribution is 2.33. The fourth-order valence-corrected chi connectivity index (χ4v) is 3.56. The lowest BCUT2D eigenvalue weighted by atomic mass is 10.2. The van der Waals surface area contributed by atoms with Gasteiger partial charge in [-0.25, -0.2) is 14.6 Å². The number of tetrazole rings is 1. The van der Waals surface area contributed by atoms with Gasteiger partial charge in [0.05, 0.1) is 6.04 Å². The molecule has 0 bridgehead atoms. The first-order valence-electron chi connectivity index (χ1n) is 7.13. The smallest absolute Gasteiger partial charge is 0.215 e. The predicted octanol–water partition coefficient (Wildman–Crippen LogP) is 3.51. The van der Waals surface area contributed by atoms with Crippen molar-refractivity contribution >= 4 is 23.4 Å². The van der Waals surface area contributed by atoms with Gasteiger partial charge in [-0.2, -0.15) is 0 Å². The van der Waals surface area contributed by atoms with Gasteiger partial charge < -0.3 is 0 Å². The molecule has 1 saturated carbocycles. The first-order valence-corrected chi connectivity index (χ1v) is 8.33. The van der Waals surface area contributed by atoms with E-state index in [1.165, 1.54) is 24.6 Å². The maximum Gasteiger partial charge on any atom is 0.215 e. The standard InChI is InChI=1S/C13H17ClN6S/c1-8(2)12-15-10(14)7-11(16-12)21-13-17-18-19-20(13)9-5-3-4-6-9/h7-9H,3-6H2,1-2H3. The van der Waals surface area contributed by atoms with Crippen LogP contribution in [0.1, 0.15) is 57.3 Å². The molecule has 0 spiro atoms. The summed E-state index contributed by atoms with van der Waals surface area (Å²) in [7, 11) is 0. The molecule has 2 aromatic heterocycles. The second-order valence-corrected chi connectivity index (χ2v) is 6.86. The van der Waals surface area contributed by atoms with Crippen molar-refractivity contribution in [3.63, 3.8) is 0 Å². The van der Waals surface area contributed by atoms with Crippen LogP contribution in [0.4, 0.5) is 0 Å². The van der Waals surface area contributed by atoms with Crippen LogP contribution >= 0.6 is 23.4 Å². The van der Waals surface area contributed by atoms with Gasteiger partial charge in [0.15, 0.2) is 0 Å². The monoisotopic (exact) mass is 324 g/mol. The summed E-state index contributed by atoms with van der Waals surface area (Å²) in [5.41, 5.74) is 0. The second kappa shape index (κ2) is 6.27. The normalized spacial score (nSPS) is 16.0. The van der Waals surface area contributed by atoms with Gasteiger partial charge in [-0.05, 0) is 35.0 Å². The Bertz CT molecular complexity index is 623. The highest BCUT2D eigenvalue weighted by atomic mass is 35.5. The lowest BCUT2D eigenvalue weighted by molar-refractivity contribution is 0.423. The maximum absolute atomic E-state index is 6.08. The molecular formula is C13H17ClN6S. The molecular weight excluding hydrogens is 308 g/mol. The molecule has 21 heavy (non-hydrogen) atoms. The molecule has 3 rings (SSSR count). The summed E-state index contributed by atoms with van der Waals surface area (Å²) < 4.78 is 1.92. The van der Waals surface area contributed by atoms with E-state index in [1.807, 2.05) is 18.5 Å². The highest BCUT2D eigenvalue weighted by Gasteiger charge is 2.22. The topological polar surface area (TPSA) is 69.4 Å². The van der Waals surface area contributed by atoms with E-state index < -0.39 is 0 Å². The number of aromatic nitrogens is 6. The van der Waals surface area contributed by atoms with Crippen LogP contribution in [0.25, 0.3) is 0 Å². The first kappa shape index (κ1) is 14.7. The molecule has 0 atom stereocenters. The molecule has 0 unspecified atom stereocenters. The summed E-state index contributed by atoms with van der Waals surface area (Å²) in [6.45, 7) is 4.09. The van der Waals surface area contributed by atoms with Crippen LogP contribution in [-0.2, 0) is 0 Å². The molecule has 1 fully saturated rings. The quantitative estimate of drug-likeness (QED) is 0.802. The number of nitrogens with zero attached hydrogens (tertiary/aromatic N) is 6. The van der Waals surface area contributed by atoms with Crippen molar-refractivity contribution in [2.45, 2.75) is 61.7 Å². The third kappa shape index (κ3) is 3.35. The lowest BCUT2D eigenvalue weighted by Crippen LogP contribution is -2.08. The molecule has 1 aliphatic rings. The van der Waals surface area contributed by atoms with Crippen LogP contribution < -0.4 is 0 Å². The largest absolute Gasteiger partial charge is 0.226 e. The van der Waals surface area contributed by atoms with E-state index in [-0.39, 0.29) is 5.92 Å². The van der Waals surface area contributed by atoms with Gasteiger partial charge >= 0.3 is 0 Å². The maximum atomic E-state index is 6.08. The van der Waals surface area contributed by atoms with Crippen molar-refractivity contribution < 1.29 is 0 Å². The Morgan fingerprint density at radius 3 is 2.76 bits per heavy atom. The van der Waals surface area contributed by atoms with E-state index in [0.29, 0.717) is 11.2 Å². The van der Waals surface area contributed by atoms with E-state index in [2.05, 4.69) is 25.5 Å². The van der Waals surface area contributed by atoms with Crippen LogP contribution in [0.3, 0.4) is 0 Å². The predicted molar refractivity (Wildman–Crippen MR) is 80.6 cm³/mol. The Morgan fingerprint density at radius 2 is 2.05 bits per heavy atom. The zero-order valence-corrected chi connectivity index (χ0v) is 13.6. The first-order chi connectivity index (χ1) is 10.1. The summed E-state index contributed by atoms with van der Waals surface area (Å²) in [5.74, 6) is 0.971. The molecule has 0 saturated heterocycles. The third-order valence-electron chi connectivity index (χ3n) is 3.53. The van der Waals surface area contributed by atoms with Gasteiger partial charge in [0.1, 0.15) is 16.0 Å². The molecule has 0 amide bonds. The number of rotatable bonds is 4. The molecule has 6 nitrogen and oxygen atoms in total. The highest BCUT2D eigenvalue weighted by molar-refractivity contribution is 7.99. The van der Waals surface area contributed by atoms with Gasteiger partial charge in [-0.1, -0.05) is 38.3 Å². The molecule has 2 aromatic rings. The van der Waals surface area contributed by atoms with E-state index in [4.69, 9.17) is 11.6 Å². The molecule has 0 radical (unpaired) electrons. The van der Waals surface area contributed by atoms with Crippen LogP contribution in [0.5, 0.6) is 0 Å². The molecule has 8 heteroatoms. The summed E-state index contributed by atoms with van der Waals surface area (Å²) in [6, 6.07) is 2.16. The summed E-state index contributed by atoms with van der Waals surface area (Å²) >= 11 is 7.52. The average molecular weight is 325 g/mol.